The Morgan fingerprint density at radius 2 is 2.00 bits per heavy atom. The molecule has 1 fully saturated rings. The molecule has 1 aromatic rings. The molecule has 0 aromatic heterocycles. The molecule has 1 aromatic carbocycles. The number of nitrogens with one attached hydrogen (secondary N) is 1. The fourth-order valence-electron chi connectivity index (χ4n) is 2.18. The van der Waals surface area contributed by atoms with Crippen molar-refractivity contribution in [2.24, 2.45) is 0 Å². The molecule has 0 spiro atoms. The standard InChI is InChI=1S/C15H23NO/c1-10(2)12-6-5-11(3)15(7-12)17-14-8-13(9-14)16-4/h5-7,10,13-14,16H,8-9H2,1-4H3. The van der Waals surface area contributed by atoms with Crippen molar-refractivity contribution in [1.82, 2.24) is 5.32 Å². The number of benzene rings is 1. The van der Waals surface area contributed by atoms with Crippen molar-refractivity contribution in [3.63, 3.8) is 0 Å². The van der Waals surface area contributed by atoms with Gasteiger partial charge in [0, 0.05) is 6.04 Å². The molecular weight excluding hydrogens is 210 g/mol. The minimum Gasteiger partial charge on any atom is -0.490 e. The second-order valence-electron chi connectivity index (χ2n) is 5.38. The highest BCUT2D eigenvalue weighted by atomic mass is 16.5. The molecule has 94 valence electrons. The maximum absolute atomic E-state index is 6.06. The molecule has 0 heterocycles. The first-order chi connectivity index (χ1) is 8.10. The molecule has 2 nitrogen and oxygen atoms in total. The van der Waals surface area contributed by atoms with Crippen LogP contribution in [0.3, 0.4) is 0 Å². The Hall–Kier alpha value is -1.02. The summed E-state index contributed by atoms with van der Waals surface area (Å²) in [6.07, 6.45) is 2.65. The van der Waals surface area contributed by atoms with Crippen LogP contribution in [0.4, 0.5) is 0 Å². The van der Waals surface area contributed by atoms with Gasteiger partial charge in [0.15, 0.2) is 0 Å². The van der Waals surface area contributed by atoms with E-state index in [-0.39, 0.29) is 0 Å². The van der Waals surface area contributed by atoms with Gasteiger partial charge in [-0.1, -0.05) is 26.0 Å². The van der Waals surface area contributed by atoms with Crippen LogP contribution in [-0.4, -0.2) is 19.2 Å². The van der Waals surface area contributed by atoms with E-state index < -0.39 is 0 Å². The van der Waals surface area contributed by atoms with E-state index in [2.05, 4.69) is 44.3 Å². The Balaban J connectivity index is 2.02. The van der Waals surface area contributed by atoms with Crippen LogP contribution in [0.5, 0.6) is 5.75 Å². The van der Waals surface area contributed by atoms with Gasteiger partial charge in [0.2, 0.25) is 0 Å². The fraction of sp³-hybridized carbons (Fsp3) is 0.600. The molecule has 17 heavy (non-hydrogen) atoms. The maximum Gasteiger partial charge on any atom is 0.122 e. The predicted octanol–water partition coefficient (Wildman–Crippen LogP) is 3.25. The Morgan fingerprint density at radius 1 is 1.29 bits per heavy atom. The lowest BCUT2D eigenvalue weighted by Crippen LogP contribution is -2.45. The number of aryl methyl sites for hydroxylation is 1. The lowest BCUT2D eigenvalue weighted by Gasteiger charge is -2.35. The average molecular weight is 233 g/mol. The summed E-state index contributed by atoms with van der Waals surface area (Å²) in [6.45, 7) is 6.55. The SMILES string of the molecule is CNC1CC(Oc2cc(C(C)C)ccc2C)C1. The first-order valence-electron chi connectivity index (χ1n) is 6.54. The van der Waals surface area contributed by atoms with E-state index in [0.29, 0.717) is 18.1 Å². The van der Waals surface area contributed by atoms with Gasteiger partial charge in [-0.3, -0.25) is 0 Å². The van der Waals surface area contributed by atoms with Crippen LogP contribution in [-0.2, 0) is 0 Å². The van der Waals surface area contributed by atoms with Gasteiger partial charge in [0.05, 0.1) is 0 Å². The zero-order chi connectivity index (χ0) is 12.4. The lowest BCUT2D eigenvalue weighted by molar-refractivity contribution is 0.0877. The molecule has 0 amide bonds. The normalized spacial score (nSPS) is 23.6. The molecule has 0 bridgehead atoms. The third-order valence-corrected chi connectivity index (χ3v) is 3.68. The molecule has 0 aliphatic heterocycles. The Morgan fingerprint density at radius 3 is 2.59 bits per heavy atom. The summed E-state index contributed by atoms with van der Waals surface area (Å²) in [5, 5.41) is 3.28. The highest BCUT2D eigenvalue weighted by Crippen LogP contribution is 2.30. The van der Waals surface area contributed by atoms with Gasteiger partial charge in [-0.25, -0.2) is 0 Å². The Bertz CT molecular complexity index is 381. The van der Waals surface area contributed by atoms with Gasteiger partial charge < -0.3 is 10.1 Å². The molecule has 0 radical (unpaired) electrons. The van der Waals surface area contributed by atoms with E-state index in [1.165, 1.54) is 11.1 Å². The molecule has 1 saturated carbocycles. The zero-order valence-corrected chi connectivity index (χ0v) is 11.3. The third-order valence-electron chi connectivity index (χ3n) is 3.68. The summed E-state index contributed by atoms with van der Waals surface area (Å²) >= 11 is 0. The Kier molecular flexibility index (Phi) is 3.72. The van der Waals surface area contributed by atoms with Crippen molar-refractivity contribution in [2.75, 3.05) is 7.05 Å². The second-order valence-corrected chi connectivity index (χ2v) is 5.38. The molecule has 2 rings (SSSR count). The molecule has 0 atom stereocenters. The summed E-state index contributed by atoms with van der Waals surface area (Å²) in [7, 11) is 2.02. The van der Waals surface area contributed by atoms with Gasteiger partial charge >= 0.3 is 0 Å². The molecule has 2 heteroatoms. The van der Waals surface area contributed by atoms with Crippen LogP contribution in [0.25, 0.3) is 0 Å². The second kappa shape index (κ2) is 5.09. The Labute approximate surface area is 104 Å². The van der Waals surface area contributed by atoms with Crippen molar-refractivity contribution < 1.29 is 4.74 Å². The van der Waals surface area contributed by atoms with Crippen LogP contribution >= 0.6 is 0 Å². The van der Waals surface area contributed by atoms with Crippen LogP contribution < -0.4 is 10.1 Å². The molecular formula is C15H23NO. The van der Waals surface area contributed by atoms with E-state index in [4.69, 9.17) is 4.74 Å². The van der Waals surface area contributed by atoms with E-state index in [1.807, 2.05) is 7.05 Å². The van der Waals surface area contributed by atoms with E-state index in [9.17, 15) is 0 Å². The minimum absolute atomic E-state index is 0.397. The van der Waals surface area contributed by atoms with Crippen molar-refractivity contribution in [3.8, 4) is 5.75 Å². The van der Waals surface area contributed by atoms with Crippen LogP contribution in [0, 0.1) is 6.92 Å². The number of ether oxygens (including phenoxy) is 1. The summed E-state index contributed by atoms with van der Waals surface area (Å²) < 4.78 is 6.06. The van der Waals surface area contributed by atoms with Crippen LogP contribution in [0.1, 0.15) is 43.7 Å². The van der Waals surface area contributed by atoms with Crippen molar-refractivity contribution in [1.29, 1.82) is 0 Å². The smallest absolute Gasteiger partial charge is 0.122 e. The average Bonchev–Trinajstić information content (AvgIpc) is 2.24. The van der Waals surface area contributed by atoms with Crippen molar-refractivity contribution in [2.45, 2.75) is 51.7 Å². The van der Waals surface area contributed by atoms with Crippen LogP contribution in [0.15, 0.2) is 18.2 Å². The molecule has 0 saturated heterocycles. The number of hydrogen-bond donors (Lipinski definition) is 1. The quantitative estimate of drug-likeness (QED) is 0.862. The maximum atomic E-state index is 6.06. The fourth-order valence-corrected chi connectivity index (χ4v) is 2.18. The van der Waals surface area contributed by atoms with Gasteiger partial charge in [-0.05, 0) is 49.9 Å². The van der Waals surface area contributed by atoms with Crippen molar-refractivity contribution in [3.05, 3.63) is 29.3 Å². The topological polar surface area (TPSA) is 21.3 Å². The number of rotatable bonds is 4. The monoisotopic (exact) mass is 233 g/mol. The highest BCUT2D eigenvalue weighted by Gasteiger charge is 2.29. The zero-order valence-electron chi connectivity index (χ0n) is 11.3. The van der Waals surface area contributed by atoms with E-state index in [0.717, 1.165) is 18.6 Å². The third kappa shape index (κ3) is 2.81. The van der Waals surface area contributed by atoms with E-state index in [1.54, 1.807) is 0 Å². The van der Waals surface area contributed by atoms with Gasteiger partial charge in [0.25, 0.3) is 0 Å². The molecule has 1 N–H and O–H groups in total. The lowest BCUT2D eigenvalue weighted by atomic mass is 9.89. The minimum atomic E-state index is 0.397. The summed E-state index contributed by atoms with van der Waals surface area (Å²) in [5.74, 6) is 1.63. The molecule has 0 unspecified atom stereocenters. The summed E-state index contributed by atoms with van der Waals surface area (Å²) in [4.78, 5) is 0. The highest BCUT2D eigenvalue weighted by molar-refractivity contribution is 5.38. The largest absolute Gasteiger partial charge is 0.490 e. The summed E-state index contributed by atoms with van der Waals surface area (Å²) in [6, 6.07) is 7.21. The van der Waals surface area contributed by atoms with Gasteiger partial charge in [-0.15, -0.1) is 0 Å². The van der Waals surface area contributed by atoms with Gasteiger partial charge in [0.1, 0.15) is 11.9 Å². The van der Waals surface area contributed by atoms with Gasteiger partial charge in [-0.2, -0.15) is 0 Å². The van der Waals surface area contributed by atoms with Crippen molar-refractivity contribution >= 4 is 0 Å². The van der Waals surface area contributed by atoms with Crippen LogP contribution in [0.2, 0.25) is 0 Å². The van der Waals surface area contributed by atoms with E-state index >= 15 is 0 Å². The number of hydrogen-bond acceptors (Lipinski definition) is 2. The predicted molar refractivity (Wildman–Crippen MR) is 71.8 cm³/mol. The first kappa shape index (κ1) is 12.4. The molecule has 1 aliphatic rings. The first-order valence-corrected chi connectivity index (χ1v) is 6.54. The molecule has 1 aliphatic carbocycles. The summed E-state index contributed by atoms with van der Waals surface area (Å²) in [5.41, 5.74) is 2.59.